The monoisotopic (exact) mass is 237 g/mol. The first-order chi connectivity index (χ1) is 8.84. The second-order valence-electron chi connectivity index (χ2n) is 4.62. The van der Waals surface area contributed by atoms with Gasteiger partial charge in [0, 0.05) is 10.8 Å². The molecule has 5 heteroatoms. The molecule has 5 aromatic rings. The van der Waals surface area contributed by atoms with E-state index in [0.717, 1.165) is 44.1 Å². The van der Waals surface area contributed by atoms with Crippen LogP contribution in [0.4, 0.5) is 0 Å². The van der Waals surface area contributed by atoms with Crippen molar-refractivity contribution >= 4 is 38.5 Å². The molecule has 1 aromatic carbocycles. The van der Waals surface area contributed by atoms with Crippen molar-refractivity contribution in [2.75, 3.05) is 0 Å². The lowest BCUT2D eigenvalue weighted by atomic mass is 10.1. The molecule has 0 atom stereocenters. The van der Waals surface area contributed by atoms with Crippen LogP contribution in [0.1, 0.15) is 5.56 Å². The van der Waals surface area contributed by atoms with Gasteiger partial charge in [-0.2, -0.15) is 0 Å². The van der Waals surface area contributed by atoms with E-state index in [0.29, 0.717) is 0 Å². The van der Waals surface area contributed by atoms with Crippen molar-refractivity contribution < 1.29 is 9.05 Å². The zero-order valence-corrected chi connectivity index (χ0v) is 9.47. The molecule has 5 nitrogen and oxygen atoms in total. The van der Waals surface area contributed by atoms with E-state index in [2.05, 4.69) is 33.8 Å². The normalized spacial score (nSPS) is 12.7. The molecule has 18 heavy (non-hydrogen) atoms. The number of benzene rings is 1. The summed E-state index contributed by atoms with van der Waals surface area (Å²) in [4.78, 5) is 0. The molecule has 0 radical (unpaired) electrons. The summed E-state index contributed by atoms with van der Waals surface area (Å²) in [6, 6.07) is 4.23. The second kappa shape index (κ2) is 2.48. The molecule has 0 N–H and O–H groups in total. The van der Waals surface area contributed by atoms with Gasteiger partial charge in [-0.1, -0.05) is 10.3 Å². The van der Waals surface area contributed by atoms with Crippen LogP contribution in [-0.2, 0) is 0 Å². The van der Waals surface area contributed by atoms with E-state index >= 15 is 0 Å². The van der Waals surface area contributed by atoms with Gasteiger partial charge in [-0.05, 0) is 24.6 Å². The molecular weight excluding hydrogens is 230 g/mol. The lowest BCUT2D eigenvalue weighted by Gasteiger charge is -1.94. The smallest absolute Gasteiger partial charge is 0.192 e. The first kappa shape index (κ1) is 8.52. The summed E-state index contributed by atoms with van der Waals surface area (Å²) in [7, 11) is 0. The summed E-state index contributed by atoms with van der Waals surface area (Å²) in [5, 5.41) is 9.91. The fourth-order valence-electron chi connectivity index (χ4n) is 2.90. The second-order valence-corrected chi connectivity index (χ2v) is 4.62. The maximum Gasteiger partial charge on any atom is 0.192 e. The number of aromatic nitrogens is 3. The topological polar surface area (TPSA) is 56.5 Å². The first-order valence-electron chi connectivity index (χ1n) is 5.69. The zero-order valence-electron chi connectivity index (χ0n) is 9.47. The molecule has 0 amide bonds. The molecule has 86 valence electrons. The van der Waals surface area contributed by atoms with Gasteiger partial charge in [-0.15, -0.1) is 0 Å². The Morgan fingerprint density at radius 1 is 0.944 bits per heavy atom. The van der Waals surface area contributed by atoms with Crippen molar-refractivity contribution in [2.45, 2.75) is 6.92 Å². The Bertz CT molecular complexity index is 956. The number of hydrogen-bond donors (Lipinski definition) is 0. The standard InChI is InChI=1S/C13H7N3O2/c1-6-2-7-11-8(3-6)13-10(5-15-18-13)16(11)9-4-14-17-12(7)9/h2-5H,1H3. The van der Waals surface area contributed by atoms with Gasteiger partial charge < -0.3 is 9.05 Å². The highest BCUT2D eigenvalue weighted by Gasteiger charge is 2.22. The maximum atomic E-state index is 5.37. The van der Waals surface area contributed by atoms with E-state index in [4.69, 9.17) is 9.05 Å². The van der Waals surface area contributed by atoms with Gasteiger partial charge >= 0.3 is 0 Å². The van der Waals surface area contributed by atoms with Crippen molar-refractivity contribution in [3.8, 4) is 0 Å². The number of fused-ring (bicyclic) bond motifs is 6. The Labute approximate surface area is 99.9 Å². The predicted octanol–water partition coefficient (Wildman–Crippen LogP) is 3.12. The van der Waals surface area contributed by atoms with Crippen LogP contribution in [0.3, 0.4) is 0 Å². The van der Waals surface area contributed by atoms with Crippen LogP contribution in [-0.4, -0.2) is 14.7 Å². The molecule has 0 fully saturated rings. The predicted molar refractivity (Wildman–Crippen MR) is 66.0 cm³/mol. The highest BCUT2D eigenvalue weighted by molar-refractivity contribution is 6.20. The third-order valence-corrected chi connectivity index (χ3v) is 3.55. The van der Waals surface area contributed by atoms with Crippen LogP contribution in [0.2, 0.25) is 0 Å². The van der Waals surface area contributed by atoms with Gasteiger partial charge in [-0.3, -0.25) is 4.40 Å². The third kappa shape index (κ3) is 0.728. The van der Waals surface area contributed by atoms with Gasteiger partial charge in [0.2, 0.25) is 0 Å². The lowest BCUT2D eigenvalue weighted by molar-refractivity contribution is 0.458. The van der Waals surface area contributed by atoms with Crippen LogP contribution in [0.15, 0.2) is 33.6 Å². The summed E-state index contributed by atoms with van der Waals surface area (Å²) >= 11 is 0. The van der Waals surface area contributed by atoms with Crippen molar-refractivity contribution in [1.82, 2.24) is 14.7 Å². The number of nitrogens with zero attached hydrogens (tertiary/aromatic N) is 3. The van der Waals surface area contributed by atoms with Gasteiger partial charge in [-0.25, -0.2) is 0 Å². The Morgan fingerprint density at radius 2 is 1.50 bits per heavy atom. The summed E-state index contributed by atoms with van der Waals surface area (Å²) in [6.45, 7) is 2.06. The highest BCUT2D eigenvalue weighted by Crippen LogP contribution is 2.39. The van der Waals surface area contributed by atoms with Gasteiger partial charge in [0.1, 0.15) is 11.0 Å². The van der Waals surface area contributed by atoms with Gasteiger partial charge in [0.25, 0.3) is 0 Å². The van der Waals surface area contributed by atoms with Crippen LogP contribution in [0.5, 0.6) is 0 Å². The Morgan fingerprint density at radius 3 is 2.06 bits per heavy atom. The molecular formula is C13H7N3O2. The van der Waals surface area contributed by atoms with E-state index < -0.39 is 0 Å². The van der Waals surface area contributed by atoms with E-state index in [1.54, 1.807) is 12.4 Å². The summed E-state index contributed by atoms with van der Waals surface area (Å²) in [5.74, 6) is 0. The molecule has 0 spiro atoms. The van der Waals surface area contributed by atoms with E-state index in [1.165, 1.54) is 0 Å². The lowest BCUT2D eigenvalue weighted by Crippen LogP contribution is -1.77. The Kier molecular flexibility index (Phi) is 1.17. The van der Waals surface area contributed by atoms with E-state index in [-0.39, 0.29) is 0 Å². The summed E-state index contributed by atoms with van der Waals surface area (Å²) < 4.78 is 12.8. The minimum absolute atomic E-state index is 0.821. The Hall–Kier alpha value is -2.56. The summed E-state index contributed by atoms with van der Waals surface area (Å²) in [5.41, 5.74) is 5.84. The zero-order chi connectivity index (χ0) is 11.9. The molecule has 5 rings (SSSR count). The average molecular weight is 237 g/mol. The molecule has 0 unspecified atom stereocenters. The van der Waals surface area contributed by atoms with E-state index in [1.807, 2.05) is 0 Å². The minimum Gasteiger partial charge on any atom is -0.354 e. The highest BCUT2D eigenvalue weighted by atomic mass is 16.5. The molecule has 0 saturated carbocycles. The number of aryl methyl sites for hydroxylation is 1. The average Bonchev–Trinajstić information content (AvgIpc) is 3.05. The fourth-order valence-corrected chi connectivity index (χ4v) is 2.90. The van der Waals surface area contributed by atoms with Gasteiger partial charge in [0.05, 0.1) is 17.9 Å². The van der Waals surface area contributed by atoms with E-state index in [9.17, 15) is 0 Å². The molecule has 0 aliphatic carbocycles. The van der Waals surface area contributed by atoms with Crippen molar-refractivity contribution in [2.24, 2.45) is 0 Å². The Balaban J connectivity index is 2.35. The van der Waals surface area contributed by atoms with Crippen LogP contribution in [0, 0.1) is 6.92 Å². The molecule has 0 aliphatic rings. The molecule has 0 saturated heterocycles. The van der Waals surface area contributed by atoms with Crippen LogP contribution >= 0.6 is 0 Å². The van der Waals surface area contributed by atoms with Crippen molar-refractivity contribution in [3.05, 3.63) is 30.1 Å². The molecule has 0 aliphatic heterocycles. The van der Waals surface area contributed by atoms with Crippen LogP contribution in [0.25, 0.3) is 38.5 Å². The number of hydrogen-bond acceptors (Lipinski definition) is 4. The maximum absolute atomic E-state index is 5.37. The summed E-state index contributed by atoms with van der Waals surface area (Å²) in [6.07, 6.45) is 3.47. The van der Waals surface area contributed by atoms with Crippen LogP contribution < -0.4 is 0 Å². The molecule has 0 bridgehead atoms. The third-order valence-electron chi connectivity index (χ3n) is 3.55. The first-order valence-corrected chi connectivity index (χ1v) is 5.69. The number of rotatable bonds is 0. The van der Waals surface area contributed by atoms with Gasteiger partial charge in [0.15, 0.2) is 11.2 Å². The SMILES string of the molecule is Cc1cc2c3oncc3n3c4cnoc4c(c1)c23. The minimum atomic E-state index is 0.821. The van der Waals surface area contributed by atoms with Crippen molar-refractivity contribution in [1.29, 1.82) is 0 Å². The van der Waals surface area contributed by atoms with Crippen molar-refractivity contribution in [3.63, 3.8) is 0 Å². The quantitative estimate of drug-likeness (QED) is 0.415. The molecule has 4 aromatic heterocycles. The molecule has 4 heterocycles. The largest absolute Gasteiger partial charge is 0.354 e. The fraction of sp³-hybridized carbons (Fsp3) is 0.0769.